The number of ether oxygens (including phenoxy) is 1. The van der Waals surface area contributed by atoms with Gasteiger partial charge in [0.05, 0.1) is 6.10 Å². The first-order valence-electron chi connectivity index (χ1n) is 6.26. The molecule has 1 heterocycles. The molecule has 116 valence electrons. The quantitative estimate of drug-likeness (QED) is 0.573. The van der Waals surface area contributed by atoms with Crippen molar-refractivity contribution >= 4 is 17.8 Å². The summed E-state index contributed by atoms with van der Waals surface area (Å²) >= 11 is 0. The van der Waals surface area contributed by atoms with Gasteiger partial charge in [-0.2, -0.15) is 4.98 Å². The van der Waals surface area contributed by atoms with Gasteiger partial charge in [0.1, 0.15) is 12.5 Å². The Morgan fingerprint density at radius 1 is 1.29 bits per heavy atom. The second-order valence-electron chi connectivity index (χ2n) is 4.39. The van der Waals surface area contributed by atoms with E-state index in [9.17, 15) is 14.4 Å². The van der Waals surface area contributed by atoms with Gasteiger partial charge in [-0.15, -0.1) is 0 Å². The zero-order chi connectivity index (χ0) is 15.8. The van der Waals surface area contributed by atoms with E-state index in [1.807, 2.05) is 0 Å². The molecule has 0 aliphatic carbocycles. The third-order valence-corrected chi connectivity index (χ3v) is 2.71. The molecule has 0 aliphatic heterocycles. The van der Waals surface area contributed by atoms with Crippen LogP contribution >= 0.6 is 0 Å². The summed E-state index contributed by atoms with van der Waals surface area (Å²) in [5.41, 5.74) is 4.76. The first-order chi connectivity index (χ1) is 9.88. The molecule has 0 saturated heterocycles. The fourth-order valence-corrected chi connectivity index (χ4v) is 1.61. The van der Waals surface area contributed by atoms with Crippen LogP contribution in [0.5, 0.6) is 0 Å². The van der Waals surface area contributed by atoms with Gasteiger partial charge in [0.15, 0.2) is 0 Å². The molecule has 0 unspecified atom stereocenters. The number of aliphatic carboxylic acids is 2. The summed E-state index contributed by atoms with van der Waals surface area (Å²) in [6.07, 6.45) is 0.884. The van der Waals surface area contributed by atoms with Gasteiger partial charge in [-0.1, -0.05) is 0 Å². The Hall–Kier alpha value is -2.42. The van der Waals surface area contributed by atoms with E-state index in [-0.39, 0.29) is 38.2 Å². The summed E-state index contributed by atoms with van der Waals surface area (Å²) in [7, 11) is 0. The summed E-state index contributed by atoms with van der Waals surface area (Å²) < 4.78 is 6.56. The molecule has 21 heavy (non-hydrogen) atoms. The fraction of sp³-hybridized carbons (Fsp3) is 0.500. The van der Waals surface area contributed by atoms with Gasteiger partial charge in [0, 0.05) is 19.0 Å². The smallest absolute Gasteiger partial charge is 0.351 e. The molecule has 0 aliphatic rings. The lowest BCUT2D eigenvalue weighted by Gasteiger charge is -2.17. The molecule has 0 spiro atoms. The van der Waals surface area contributed by atoms with Crippen LogP contribution < -0.4 is 11.4 Å². The largest absolute Gasteiger partial charge is 0.481 e. The highest BCUT2D eigenvalue weighted by molar-refractivity contribution is 5.67. The highest BCUT2D eigenvalue weighted by Gasteiger charge is 2.14. The fourth-order valence-electron chi connectivity index (χ4n) is 1.61. The topological polar surface area (TPSA) is 145 Å². The number of nitrogens with two attached hydrogens (primary N) is 1. The van der Waals surface area contributed by atoms with E-state index in [0.29, 0.717) is 0 Å². The lowest BCUT2D eigenvalue weighted by molar-refractivity contribution is -0.138. The molecule has 0 amide bonds. The number of carboxylic acids is 2. The average molecular weight is 299 g/mol. The highest BCUT2D eigenvalue weighted by atomic mass is 16.5. The second-order valence-corrected chi connectivity index (χ2v) is 4.39. The van der Waals surface area contributed by atoms with Crippen LogP contribution in [-0.2, 0) is 21.1 Å². The highest BCUT2D eigenvalue weighted by Crippen LogP contribution is 2.10. The number of carboxylic acid groups (broad SMARTS) is 2. The van der Waals surface area contributed by atoms with Gasteiger partial charge in [-0.3, -0.25) is 14.2 Å². The first-order valence-corrected chi connectivity index (χ1v) is 6.26. The van der Waals surface area contributed by atoms with Crippen LogP contribution in [0.15, 0.2) is 17.1 Å². The summed E-state index contributed by atoms with van der Waals surface area (Å²) in [5.74, 6) is -1.90. The van der Waals surface area contributed by atoms with E-state index in [2.05, 4.69) is 4.98 Å². The molecule has 1 rings (SSSR count). The van der Waals surface area contributed by atoms with Crippen molar-refractivity contribution in [2.24, 2.45) is 0 Å². The number of anilines is 1. The van der Waals surface area contributed by atoms with Crippen molar-refractivity contribution in [3.8, 4) is 0 Å². The van der Waals surface area contributed by atoms with Crippen molar-refractivity contribution in [2.75, 3.05) is 5.73 Å². The van der Waals surface area contributed by atoms with Crippen molar-refractivity contribution in [2.45, 2.75) is 38.5 Å². The van der Waals surface area contributed by atoms with E-state index in [0.717, 1.165) is 4.57 Å². The van der Waals surface area contributed by atoms with Crippen LogP contribution in [0.25, 0.3) is 0 Å². The molecule has 9 nitrogen and oxygen atoms in total. The van der Waals surface area contributed by atoms with E-state index < -0.39 is 23.7 Å². The Bertz CT molecular complexity index is 538. The van der Waals surface area contributed by atoms with Gasteiger partial charge in [-0.25, -0.2) is 4.79 Å². The Morgan fingerprint density at radius 3 is 2.33 bits per heavy atom. The molecule has 0 atom stereocenters. The van der Waals surface area contributed by atoms with E-state index in [1.54, 1.807) is 0 Å². The summed E-state index contributed by atoms with van der Waals surface area (Å²) in [5, 5.41) is 17.3. The van der Waals surface area contributed by atoms with Crippen LogP contribution in [0.3, 0.4) is 0 Å². The number of nitrogen functional groups attached to an aromatic ring is 1. The SMILES string of the molecule is Nc1ccn(COC(CCC(=O)O)CCC(=O)O)c(=O)n1. The van der Waals surface area contributed by atoms with Crippen LogP contribution in [0.4, 0.5) is 5.82 Å². The molecule has 9 heteroatoms. The molecular weight excluding hydrogens is 282 g/mol. The maximum absolute atomic E-state index is 11.5. The maximum atomic E-state index is 11.5. The molecule has 0 fully saturated rings. The Balaban J connectivity index is 2.60. The van der Waals surface area contributed by atoms with Crippen molar-refractivity contribution < 1.29 is 24.5 Å². The van der Waals surface area contributed by atoms with Gasteiger partial charge in [0.2, 0.25) is 0 Å². The predicted octanol–water partition coefficient (Wildman–Crippen LogP) is -0.102. The Morgan fingerprint density at radius 2 is 1.86 bits per heavy atom. The van der Waals surface area contributed by atoms with Gasteiger partial charge in [-0.05, 0) is 18.9 Å². The van der Waals surface area contributed by atoms with Crippen LogP contribution in [0.2, 0.25) is 0 Å². The maximum Gasteiger partial charge on any atom is 0.351 e. The van der Waals surface area contributed by atoms with Crippen molar-refractivity contribution in [3.63, 3.8) is 0 Å². The standard InChI is InChI=1S/C12H17N3O6/c13-9-5-6-15(12(20)14-9)7-21-8(1-3-10(16)17)2-4-11(18)19/h5-6,8H,1-4,7H2,(H,16,17)(H,18,19)(H2,13,14,20). The lowest BCUT2D eigenvalue weighted by atomic mass is 10.1. The molecule has 0 bridgehead atoms. The van der Waals surface area contributed by atoms with Crippen molar-refractivity contribution in [1.82, 2.24) is 9.55 Å². The van der Waals surface area contributed by atoms with Crippen LogP contribution in [-0.4, -0.2) is 37.8 Å². The lowest BCUT2D eigenvalue weighted by Crippen LogP contribution is -2.27. The molecule has 0 radical (unpaired) electrons. The van der Waals surface area contributed by atoms with E-state index in [4.69, 9.17) is 20.7 Å². The van der Waals surface area contributed by atoms with Gasteiger partial charge in [0.25, 0.3) is 0 Å². The third kappa shape index (κ3) is 6.52. The summed E-state index contributed by atoms with van der Waals surface area (Å²) in [4.78, 5) is 36.1. The number of aromatic nitrogens is 2. The normalized spacial score (nSPS) is 10.7. The van der Waals surface area contributed by atoms with Gasteiger partial charge < -0.3 is 20.7 Å². The number of carbonyl (C=O) groups is 2. The predicted molar refractivity (Wildman–Crippen MR) is 71.5 cm³/mol. The average Bonchev–Trinajstić information content (AvgIpc) is 2.39. The Kier molecular flexibility index (Phi) is 6.34. The monoisotopic (exact) mass is 299 g/mol. The van der Waals surface area contributed by atoms with Crippen LogP contribution in [0.1, 0.15) is 25.7 Å². The second kappa shape index (κ2) is 8.00. The molecule has 4 N–H and O–H groups in total. The van der Waals surface area contributed by atoms with E-state index >= 15 is 0 Å². The molecule has 0 saturated carbocycles. The minimum absolute atomic E-state index is 0.0876. The van der Waals surface area contributed by atoms with Crippen molar-refractivity contribution in [3.05, 3.63) is 22.7 Å². The zero-order valence-corrected chi connectivity index (χ0v) is 11.3. The number of nitrogens with zero attached hydrogens (tertiary/aromatic N) is 2. The summed E-state index contributed by atoms with van der Waals surface area (Å²) in [6.45, 7) is -0.143. The van der Waals surface area contributed by atoms with E-state index in [1.165, 1.54) is 12.3 Å². The van der Waals surface area contributed by atoms with Crippen molar-refractivity contribution in [1.29, 1.82) is 0 Å². The molecular formula is C12H17N3O6. The van der Waals surface area contributed by atoms with Crippen LogP contribution in [0, 0.1) is 0 Å². The molecule has 0 aromatic carbocycles. The minimum Gasteiger partial charge on any atom is -0.481 e. The number of hydrogen-bond donors (Lipinski definition) is 3. The molecule has 1 aromatic rings. The third-order valence-electron chi connectivity index (χ3n) is 2.71. The molecule has 1 aromatic heterocycles. The zero-order valence-electron chi connectivity index (χ0n) is 11.3. The minimum atomic E-state index is -0.995. The summed E-state index contributed by atoms with van der Waals surface area (Å²) in [6, 6.07) is 1.42. The Labute approximate surface area is 120 Å². The van der Waals surface area contributed by atoms with Gasteiger partial charge >= 0.3 is 17.6 Å². The first kappa shape index (κ1) is 16.6. The number of rotatable bonds is 9. The number of hydrogen-bond acceptors (Lipinski definition) is 6.